The van der Waals surface area contributed by atoms with E-state index in [1.807, 2.05) is 18.2 Å². The fraction of sp³-hybridized carbons (Fsp3) is 0.364. The maximum Gasteiger partial charge on any atom is 0.305 e. The Morgan fingerprint density at radius 1 is 1.53 bits per heavy atom. The van der Waals surface area contributed by atoms with E-state index in [-0.39, 0.29) is 12.5 Å². The first-order chi connectivity index (χ1) is 7.09. The Morgan fingerprint density at radius 2 is 2.20 bits per heavy atom. The molecule has 3 nitrogen and oxygen atoms in total. The summed E-state index contributed by atoms with van der Waals surface area (Å²) in [5.74, 6) is -0.860. The third-order valence-electron chi connectivity index (χ3n) is 1.94. The molecule has 0 heterocycles. The normalized spacial score (nSPS) is 12.4. The fourth-order valence-electron chi connectivity index (χ4n) is 1.15. The van der Waals surface area contributed by atoms with Gasteiger partial charge in [0, 0.05) is 5.02 Å². The molecule has 0 aliphatic rings. The first kappa shape index (κ1) is 12.0. The summed E-state index contributed by atoms with van der Waals surface area (Å²) in [6, 6.07) is 7.34. The molecule has 1 atom stereocenters. The minimum absolute atomic E-state index is 0.00442. The van der Waals surface area contributed by atoms with Gasteiger partial charge < -0.3 is 9.84 Å². The highest BCUT2D eigenvalue weighted by Gasteiger charge is 2.08. The van der Waals surface area contributed by atoms with E-state index in [0.717, 1.165) is 5.56 Å². The summed E-state index contributed by atoms with van der Waals surface area (Å²) in [5.41, 5.74) is 0.872. The number of benzene rings is 1. The predicted molar refractivity (Wildman–Crippen MR) is 58.0 cm³/mol. The second-order valence-corrected chi connectivity index (χ2v) is 3.72. The Labute approximate surface area is 93.6 Å². The number of halogens is 1. The van der Waals surface area contributed by atoms with Gasteiger partial charge in [0.25, 0.3) is 0 Å². The second-order valence-electron chi connectivity index (χ2n) is 3.31. The summed E-state index contributed by atoms with van der Waals surface area (Å²) in [6.45, 7) is 2.07. The van der Waals surface area contributed by atoms with Crippen LogP contribution in [0.1, 0.15) is 18.9 Å². The van der Waals surface area contributed by atoms with Crippen LogP contribution in [0.15, 0.2) is 24.3 Å². The SMILES string of the molecule is C[C@H](CC(=O)O)OCc1ccccc1Cl. The van der Waals surface area contributed by atoms with E-state index in [4.69, 9.17) is 21.4 Å². The number of ether oxygens (including phenoxy) is 1. The molecule has 0 aromatic heterocycles. The van der Waals surface area contributed by atoms with Crippen molar-refractivity contribution in [3.05, 3.63) is 34.9 Å². The van der Waals surface area contributed by atoms with Gasteiger partial charge in [-0.05, 0) is 18.6 Å². The molecular weight excluding hydrogens is 216 g/mol. The molecule has 15 heavy (non-hydrogen) atoms. The van der Waals surface area contributed by atoms with Crippen molar-refractivity contribution in [1.29, 1.82) is 0 Å². The largest absolute Gasteiger partial charge is 0.481 e. The molecule has 0 aliphatic heterocycles. The van der Waals surface area contributed by atoms with Gasteiger partial charge in [-0.1, -0.05) is 29.8 Å². The van der Waals surface area contributed by atoms with Gasteiger partial charge >= 0.3 is 5.97 Å². The molecule has 1 N–H and O–H groups in total. The smallest absolute Gasteiger partial charge is 0.305 e. The first-order valence-electron chi connectivity index (χ1n) is 4.66. The van der Waals surface area contributed by atoms with Crippen LogP contribution >= 0.6 is 11.6 Å². The lowest BCUT2D eigenvalue weighted by atomic mass is 10.2. The van der Waals surface area contributed by atoms with Crippen molar-refractivity contribution >= 4 is 17.6 Å². The monoisotopic (exact) mass is 228 g/mol. The number of carbonyl (C=O) groups is 1. The second kappa shape index (κ2) is 5.73. The Hall–Kier alpha value is -1.06. The number of hydrogen-bond acceptors (Lipinski definition) is 2. The predicted octanol–water partition coefficient (Wildman–Crippen LogP) is 2.72. The number of carboxylic acid groups (broad SMARTS) is 1. The van der Waals surface area contributed by atoms with E-state index in [9.17, 15) is 4.79 Å². The molecule has 0 saturated heterocycles. The number of hydrogen-bond donors (Lipinski definition) is 1. The van der Waals surface area contributed by atoms with E-state index in [1.54, 1.807) is 13.0 Å². The molecule has 0 bridgehead atoms. The van der Waals surface area contributed by atoms with E-state index >= 15 is 0 Å². The molecule has 1 aromatic carbocycles. The van der Waals surface area contributed by atoms with Gasteiger partial charge in [0.1, 0.15) is 0 Å². The van der Waals surface area contributed by atoms with Crippen LogP contribution in [0.5, 0.6) is 0 Å². The molecule has 0 aliphatic carbocycles. The highest BCUT2D eigenvalue weighted by molar-refractivity contribution is 6.31. The van der Waals surface area contributed by atoms with Crippen LogP contribution in [0.25, 0.3) is 0 Å². The molecular formula is C11H13ClO3. The highest BCUT2D eigenvalue weighted by atomic mass is 35.5. The van der Waals surface area contributed by atoms with Crippen molar-refractivity contribution in [2.45, 2.75) is 26.1 Å². The molecule has 0 amide bonds. The Balaban J connectivity index is 2.43. The summed E-state index contributed by atoms with van der Waals surface area (Å²) in [6.07, 6.45) is -0.302. The quantitative estimate of drug-likeness (QED) is 0.843. The average molecular weight is 229 g/mol. The van der Waals surface area contributed by atoms with Crippen LogP contribution in [-0.2, 0) is 16.1 Å². The van der Waals surface area contributed by atoms with Crippen LogP contribution in [0, 0.1) is 0 Å². The fourth-order valence-corrected chi connectivity index (χ4v) is 1.34. The third-order valence-corrected chi connectivity index (χ3v) is 2.31. The van der Waals surface area contributed by atoms with Gasteiger partial charge in [0.05, 0.1) is 19.1 Å². The minimum Gasteiger partial charge on any atom is -0.481 e. The molecule has 0 saturated carbocycles. The van der Waals surface area contributed by atoms with Crippen LogP contribution < -0.4 is 0 Å². The minimum atomic E-state index is -0.860. The summed E-state index contributed by atoms with van der Waals surface area (Å²) >= 11 is 5.92. The zero-order valence-corrected chi connectivity index (χ0v) is 9.20. The summed E-state index contributed by atoms with van der Waals surface area (Å²) in [4.78, 5) is 10.4. The van der Waals surface area contributed by atoms with Crippen molar-refractivity contribution in [2.24, 2.45) is 0 Å². The maximum atomic E-state index is 10.4. The van der Waals surface area contributed by atoms with E-state index in [0.29, 0.717) is 11.6 Å². The van der Waals surface area contributed by atoms with Gasteiger partial charge in [-0.3, -0.25) is 4.79 Å². The van der Waals surface area contributed by atoms with Crippen molar-refractivity contribution < 1.29 is 14.6 Å². The number of rotatable bonds is 5. The van der Waals surface area contributed by atoms with Crippen molar-refractivity contribution in [1.82, 2.24) is 0 Å². The van der Waals surface area contributed by atoms with Gasteiger partial charge in [0.15, 0.2) is 0 Å². The van der Waals surface area contributed by atoms with Crippen LogP contribution in [0.2, 0.25) is 5.02 Å². The Morgan fingerprint density at radius 3 is 2.80 bits per heavy atom. The Kier molecular flexibility index (Phi) is 4.59. The summed E-state index contributed by atoms with van der Waals surface area (Å²) in [7, 11) is 0. The third kappa shape index (κ3) is 4.32. The lowest BCUT2D eigenvalue weighted by Crippen LogP contribution is -2.13. The number of aliphatic carboxylic acids is 1. The molecule has 0 fully saturated rings. The van der Waals surface area contributed by atoms with Crippen molar-refractivity contribution in [3.8, 4) is 0 Å². The zero-order chi connectivity index (χ0) is 11.3. The molecule has 4 heteroatoms. The Bertz CT molecular complexity index is 338. The maximum absolute atomic E-state index is 10.4. The zero-order valence-electron chi connectivity index (χ0n) is 8.44. The van der Waals surface area contributed by atoms with Gasteiger partial charge in [-0.25, -0.2) is 0 Å². The molecule has 0 spiro atoms. The summed E-state index contributed by atoms with van der Waals surface area (Å²) in [5, 5.41) is 9.17. The van der Waals surface area contributed by atoms with Crippen LogP contribution in [-0.4, -0.2) is 17.2 Å². The van der Waals surface area contributed by atoms with Gasteiger partial charge in [-0.2, -0.15) is 0 Å². The average Bonchev–Trinajstić information content (AvgIpc) is 2.15. The molecule has 0 unspecified atom stereocenters. The van der Waals surface area contributed by atoms with Gasteiger partial charge in [-0.15, -0.1) is 0 Å². The lowest BCUT2D eigenvalue weighted by molar-refractivity contribution is -0.140. The molecule has 1 rings (SSSR count). The lowest BCUT2D eigenvalue weighted by Gasteiger charge is -2.11. The molecule has 0 radical (unpaired) electrons. The van der Waals surface area contributed by atoms with Crippen molar-refractivity contribution in [3.63, 3.8) is 0 Å². The summed E-state index contributed by atoms with van der Waals surface area (Å²) < 4.78 is 5.35. The van der Waals surface area contributed by atoms with E-state index in [2.05, 4.69) is 0 Å². The van der Waals surface area contributed by atoms with Crippen LogP contribution in [0.4, 0.5) is 0 Å². The first-order valence-corrected chi connectivity index (χ1v) is 5.04. The van der Waals surface area contributed by atoms with E-state index in [1.165, 1.54) is 0 Å². The molecule has 82 valence electrons. The topological polar surface area (TPSA) is 46.5 Å². The number of carboxylic acids is 1. The van der Waals surface area contributed by atoms with E-state index < -0.39 is 5.97 Å². The van der Waals surface area contributed by atoms with Gasteiger partial charge in [0.2, 0.25) is 0 Å². The highest BCUT2D eigenvalue weighted by Crippen LogP contribution is 2.16. The van der Waals surface area contributed by atoms with Crippen molar-refractivity contribution in [2.75, 3.05) is 0 Å². The molecule has 1 aromatic rings. The standard InChI is InChI=1S/C11H13ClO3/c1-8(6-11(13)14)15-7-9-4-2-3-5-10(9)12/h2-5,8H,6-7H2,1H3,(H,13,14)/t8-/m1/s1. The van der Waals surface area contributed by atoms with Crippen LogP contribution in [0.3, 0.4) is 0 Å².